The summed E-state index contributed by atoms with van der Waals surface area (Å²) in [6, 6.07) is 6.34. The predicted octanol–water partition coefficient (Wildman–Crippen LogP) is 1.57. The summed E-state index contributed by atoms with van der Waals surface area (Å²) in [4.78, 5) is 10.1. The molecule has 0 spiro atoms. The van der Waals surface area contributed by atoms with Crippen LogP contribution < -0.4 is 0 Å². The second-order valence-electron chi connectivity index (χ2n) is 2.94. The van der Waals surface area contributed by atoms with E-state index in [1.807, 2.05) is 0 Å². The minimum Gasteiger partial charge on any atom is -0.428 e. The first-order chi connectivity index (χ1) is 7.25. The smallest absolute Gasteiger partial charge is 0.269 e. The van der Waals surface area contributed by atoms with Gasteiger partial charge in [0.15, 0.2) is 0 Å². The normalized spacial score (nSPS) is 10.1. The van der Waals surface area contributed by atoms with Crippen molar-refractivity contribution in [2.45, 2.75) is 6.42 Å². The Morgan fingerprint density at radius 2 is 2.33 bits per heavy atom. The van der Waals surface area contributed by atoms with Crippen LogP contribution in [0.3, 0.4) is 0 Å². The second kappa shape index (κ2) is 3.87. The van der Waals surface area contributed by atoms with Crippen LogP contribution in [0.5, 0.6) is 0 Å². The number of rotatable bonds is 3. The lowest BCUT2D eigenvalue weighted by molar-refractivity contribution is -0.384. The first-order valence-electron chi connectivity index (χ1n) is 4.24. The Kier molecular flexibility index (Phi) is 2.40. The van der Waals surface area contributed by atoms with E-state index in [2.05, 4.69) is 10.2 Å². The van der Waals surface area contributed by atoms with E-state index in [0.29, 0.717) is 12.3 Å². The van der Waals surface area contributed by atoms with Crippen molar-refractivity contribution in [2.75, 3.05) is 0 Å². The van der Waals surface area contributed by atoms with Gasteiger partial charge in [-0.15, -0.1) is 10.2 Å². The molecule has 0 atom stereocenters. The van der Waals surface area contributed by atoms with Crippen molar-refractivity contribution in [3.05, 3.63) is 52.2 Å². The van der Waals surface area contributed by atoms with Gasteiger partial charge in [-0.05, 0) is 5.56 Å². The molecule has 1 heterocycles. The molecule has 0 aliphatic heterocycles. The number of benzene rings is 1. The lowest BCUT2D eigenvalue weighted by Gasteiger charge is -1.96. The van der Waals surface area contributed by atoms with Gasteiger partial charge in [0, 0.05) is 12.1 Å². The summed E-state index contributed by atoms with van der Waals surface area (Å²) in [5.74, 6) is 0.440. The van der Waals surface area contributed by atoms with E-state index in [9.17, 15) is 10.1 Å². The Bertz CT molecular complexity index is 467. The van der Waals surface area contributed by atoms with Crippen molar-refractivity contribution in [2.24, 2.45) is 0 Å². The minimum absolute atomic E-state index is 0.0621. The predicted molar refractivity (Wildman–Crippen MR) is 50.2 cm³/mol. The standard InChI is InChI=1S/C9H7N3O3/c13-12(14)8-3-1-2-7(4-8)5-9-11-10-6-15-9/h1-4,6H,5H2. The first-order valence-corrected chi connectivity index (χ1v) is 4.24. The molecule has 0 saturated heterocycles. The first kappa shape index (κ1) is 9.32. The van der Waals surface area contributed by atoms with Crippen molar-refractivity contribution in [1.29, 1.82) is 0 Å². The van der Waals surface area contributed by atoms with E-state index in [-0.39, 0.29) is 5.69 Å². The summed E-state index contributed by atoms with van der Waals surface area (Å²) in [6.07, 6.45) is 1.63. The van der Waals surface area contributed by atoms with Gasteiger partial charge in [0.1, 0.15) is 0 Å². The maximum absolute atomic E-state index is 10.5. The van der Waals surface area contributed by atoms with Crippen LogP contribution in [0, 0.1) is 10.1 Å². The molecule has 2 rings (SSSR count). The molecule has 76 valence electrons. The van der Waals surface area contributed by atoms with Crippen molar-refractivity contribution in [1.82, 2.24) is 10.2 Å². The Hall–Kier alpha value is -2.24. The van der Waals surface area contributed by atoms with Gasteiger partial charge in [-0.2, -0.15) is 0 Å². The third-order valence-electron chi connectivity index (χ3n) is 1.88. The van der Waals surface area contributed by atoms with Crippen molar-refractivity contribution < 1.29 is 9.34 Å². The molecule has 0 amide bonds. The van der Waals surface area contributed by atoms with E-state index in [0.717, 1.165) is 5.56 Å². The molecule has 0 radical (unpaired) electrons. The van der Waals surface area contributed by atoms with Gasteiger partial charge < -0.3 is 4.42 Å². The lowest BCUT2D eigenvalue weighted by Crippen LogP contribution is -1.92. The monoisotopic (exact) mass is 205 g/mol. The van der Waals surface area contributed by atoms with Crippen molar-refractivity contribution >= 4 is 5.69 Å². The molecular formula is C9H7N3O3. The summed E-state index contributed by atoms with van der Waals surface area (Å²) in [5.41, 5.74) is 0.834. The second-order valence-corrected chi connectivity index (χ2v) is 2.94. The number of nitro benzene ring substituents is 1. The van der Waals surface area contributed by atoms with Crippen LogP contribution >= 0.6 is 0 Å². The van der Waals surface area contributed by atoms with Crippen LogP contribution in [-0.2, 0) is 6.42 Å². The summed E-state index contributed by atoms with van der Waals surface area (Å²) in [6.45, 7) is 0. The molecule has 2 aromatic rings. The van der Waals surface area contributed by atoms with Crippen LogP contribution in [0.2, 0.25) is 0 Å². The van der Waals surface area contributed by atoms with E-state index in [1.165, 1.54) is 18.5 Å². The number of nitrogens with zero attached hydrogens (tertiary/aromatic N) is 3. The molecule has 6 nitrogen and oxygen atoms in total. The van der Waals surface area contributed by atoms with Gasteiger partial charge in [-0.1, -0.05) is 12.1 Å². The molecule has 0 aliphatic carbocycles. The highest BCUT2D eigenvalue weighted by atomic mass is 16.6. The average Bonchev–Trinajstić information content (AvgIpc) is 2.71. The number of aromatic nitrogens is 2. The summed E-state index contributed by atoms with van der Waals surface area (Å²) in [5, 5.41) is 17.7. The molecule has 15 heavy (non-hydrogen) atoms. The Morgan fingerprint density at radius 1 is 1.47 bits per heavy atom. The highest BCUT2D eigenvalue weighted by molar-refractivity contribution is 5.35. The topological polar surface area (TPSA) is 82.1 Å². The largest absolute Gasteiger partial charge is 0.428 e. The van der Waals surface area contributed by atoms with Crippen LogP contribution in [0.15, 0.2) is 35.1 Å². The van der Waals surface area contributed by atoms with E-state index >= 15 is 0 Å². The third-order valence-corrected chi connectivity index (χ3v) is 1.88. The molecule has 0 N–H and O–H groups in total. The fourth-order valence-corrected chi connectivity index (χ4v) is 1.23. The van der Waals surface area contributed by atoms with Gasteiger partial charge >= 0.3 is 0 Å². The molecule has 0 unspecified atom stereocenters. The zero-order valence-electron chi connectivity index (χ0n) is 7.66. The zero-order valence-corrected chi connectivity index (χ0v) is 7.66. The molecule has 0 fully saturated rings. The van der Waals surface area contributed by atoms with Crippen molar-refractivity contribution in [3.8, 4) is 0 Å². The highest BCUT2D eigenvalue weighted by Gasteiger charge is 2.07. The highest BCUT2D eigenvalue weighted by Crippen LogP contribution is 2.15. The van der Waals surface area contributed by atoms with Gasteiger partial charge in [0.25, 0.3) is 5.69 Å². The quantitative estimate of drug-likeness (QED) is 0.561. The van der Waals surface area contributed by atoms with Gasteiger partial charge in [-0.3, -0.25) is 10.1 Å². The van der Waals surface area contributed by atoms with E-state index in [1.54, 1.807) is 12.1 Å². The van der Waals surface area contributed by atoms with Crippen LogP contribution in [-0.4, -0.2) is 15.1 Å². The van der Waals surface area contributed by atoms with E-state index < -0.39 is 4.92 Å². The fraction of sp³-hybridized carbons (Fsp3) is 0.111. The molecule has 1 aromatic heterocycles. The summed E-state index contributed by atoms with van der Waals surface area (Å²) < 4.78 is 4.95. The molecule has 0 saturated carbocycles. The lowest BCUT2D eigenvalue weighted by atomic mass is 10.1. The molecule has 0 aliphatic rings. The average molecular weight is 205 g/mol. The van der Waals surface area contributed by atoms with Gasteiger partial charge in [-0.25, -0.2) is 0 Å². The minimum atomic E-state index is -0.433. The molecule has 1 aromatic carbocycles. The maximum atomic E-state index is 10.5. The van der Waals surface area contributed by atoms with E-state index in [4.69, 9.17) is 4.42 Å². The van der Waals surface area contributed by atoms with Crippen molar-refractivity contribution in [3.63, 3.8) is 0 Å². The Balaban J connectivity index is 2.22. The van der Waals surface area contributed by atoms with Crippen LogP contribution in [0.25, 0.3) is 0 Å². The SMILES string of the molecule is O=[N+]([O-])c1cccc(Cc2nnco2)c1. The number of hydrogen-bond donors (Lipinski definition) is 0. The van der Waals surface area contributed by atoms with Gasteiger partial charge in [0.2, 0.25) is 12.3 Å². The summed E-state index contributed by atoms with van der Waals surface area (Å²) in [7, 11) is 0. The molecular weight excluding hydrogens is 198 g/mol. The Morgan fingerprint density at radius 3 is 3.00 bits per heavy atom. The third kappa shape index (κ3) is 2.16. The number of hydrogen-bond acceptors (Lipinski definition) is 5. The fourth-order valence-electron chi connectivity index (χ4n) is 1.23. The van der Waals surface area contributed by atoms with Crippen LogP contribution in [0.1, 0.15) is 11.5 Å². The maximum Gasteiger partial charge on any atom is 0.269 e. The molecule has 6 heteroatoms. The zero-order chi connectivity index (χ0) is 10.7. The molecule has 0 bridgehead atoms. The summed E-state index contributed by atoms with van der Waals surface area (Å²) >= 11 is 0. The Labute approximate surface area is 84.7 Å². The van der Waals surface area contributed by atoms with Gasteiger partial charge in [0.05, 0.1) is 11.3 Å². The number of nitro groups is 1. The number of non-ortho nitro benzene ring substituents is 1. The van der Waals surface area contributed by atoms with Crippen LogP contribution in [0.4, 0.5) is 5.69 Å².